The van der Waals surface area contributed by atoms with Crippen LogP contribution in [0, 0.1) is 0 Å². The molecule has 4 rings (SSSR count). The number of rotatable bonds is 7. The van der Waals surface area contributed by atoms with Crippen LogP contribution in [0.1, 0.15) is 29.6 Å². The molecule has 1 saturated heterocycles. The second-order valence-electron chi connectivity index (χ2n) is 7.70. The summed E-state index contributed by atoms with van der Waals surface area (Å²) in [7, 11) is 0. The zero-order valence-corrected chi connectivity index (χ0v) is 18.5. The normalized spacial score (nSPS) is 13.1. The maximum absolute atomic E-state index is 12.8. The molecule has 164 valence electrons. The number of ether oxygens (including phenoxy) is 1. The Hall–Kier alpha value is -3.31. The molecule has 1 aliphatic heterocycles. The zero-order valence-electron chi connectivity index (χ0n) is 17.7. The van der Waals surface area contributed by atoms with Gasteiger partial charge in [-0.25, -0.2) is 0 Å². The van der Waals surface area contributed by atoms with Gasteiger partial charge in [-0.05, 0) is 42.7 Å². The molecule has 32 heavy (non-hydrogen) atoms. The topological polar surface area (TPSA) is 58.6 Å². The van der Waals surface area contributed by atoms with Crippen molar-refractivity contribution in [1.82, 2.24) is 4.90 Å². The summed E-state index contributed by atoms with van der Waals surface area (Å²) in [4.78, 5) is 27.3. The molecule has 3 aromatic carbocycles. The Bertz CT molecular complexity index is 1100. The molecule has 2 amide bonds. The highest BCUT2D eigenvalue weighted by molar-refractivity contribution is 6.31. The highest BCUT2D eigenvalue weighted by Gasteiger charge is 2.22. The van der Waals surface area contributed by atoms with Gasteiger partial charge in [-0.3, -0.25) is 9.59 Å². The number of amides is 2. The third-order valence-corrected chi connectivity index (χ3v) is 5.67. The van der Waals surface area contributed by atoms with Crippen molar-refractivity contribution in [3.05, 3.63) is 83.4 Å². The van der Waals surface area contributed by atoms with Gasteiger partial charge in [-0.1, -0.05) is 60.1 Å². The lowest BCUT2D eigenvalue weighted by atomic mass is 10.1. The van der Waals surface area contributed by atoms with Gasteiger partial charge in [0.05, 0.1) is 24.3 Å². The van der Waals surface area contributed by atoms with E-state index in [0.717, 1.165) is 42.8 Å². The molecule has 0 unspecified atom stereocenters. The lowest BCUT2D eigenvalue weighted by Gasteiger charge is -2.18. The van der Waals surface area contributed by atoms with Gasteiger partial charge >= 0.3 is 0 Å². The van der Waals surface area contributed by atoms with Crippen molar-refractivity contribution < 1.29 is 14.3 Å². The number of halogens is 1. The fourth-order valence-electron chi connectivity index (χ4n) is 3.81. The van der Waals surface area contributed by atoms with Gasteiger partial charge in [0, 0.05) is 23.7 Å². The van der Waals surface area contributed by atoms with Crippen LogP contribution in [0.15, 0.2) is 72.8 Å². The van der Waals surface area contributed by atoms with E-state index in [1.807, 2.05) is 59.5 Å². The van der Waals surface area contributed by atoms with E-state index in [-0.39, 0.29) is 24.8 Å². The molecular formula is C26H25ClN2O3. The van der Waals surface area contributed by atoms with Crippen LogP contribution in [0.25, 0.3) is 11.1 Å². The first-order chi connectivity index (χ1) is 15.6. The Morgan fingerprint density at radius 3 is 2.44 bits per heavy atom. The predicted octanol–water partition coefficient (Wildman–Crippen LogP) is 5.65. The van der Waals surface area contributed by atoms with E-state index >= 15 is 0 Å². The first-order valence-electron chi connectivity index (χ1n) is 10.8. The first kappa shape index (κ1) is 21.9. The van der Waals surface area contributed by atoms with Crippen molar-refractivity contribution in [2.75, 3.05) is 25.0 Å². The molecule has 6 heteroatoms. The molecule has 0 atom stereocenters. The quantitative estimate of drug-likeness (QED) is 0.508. The van der Waals surface area contributed by atoms with Gasteiger partial charge in [-0.15, -0.1) is 0 Å². The van der Waals surface area contributed by atoms with Gasteiger partial charge in [0.25, 0.3) is 5.91 Å². The zero-order chi connectivity index (χ0) is 22.3. The average molecular weight is 449 g/mol. The second-order valence-corrected chi connectivity index (χ2v) is 8.13. The summed E-state index contributed by atoms with van der Waals surface area (Å²) < 4.78 is 5.92. The lowest BCUT2D eigenvalue weighted by Crippen LogP contribution is -2.29. The highest BCUT2D eigenvalue weighted by atomic mass is 35.5. The Labute approximate surface area is 193 Å². The Balaban J connectivity index is 1.39. The molecule has 1 aliphatic rings. The van der Waals surface area contributed by atoms with Crippen molar-refractivity contribution in [2.24, 2.45) is 0 Å². The van der Waals surface area contributed by atoms with Crippen molar-refractivity contribution >= 4 is 29.1 Å². The summed E-state index contributed by atoms with van der Waals surface area (Å²) in [5, 5.41) is 3.30. The number of carbonyl (C=O) groups excluding carboxylic acids is 2. The number of carbonyl (C=O) groups is 2. The monoisotopic (exact) mass is 448 g/mol. The second kappa shape index (κ2) is 10.3. The minimum absolute atomic E-state index is 0.0810. The first-order valence-corrected chi connectivity index (χ1v) is 11.2. The van der Waals surface area contributed by atoms with E-state index in [9.17, 15) is 9.59 Å². The summed E-state index contributed by atoms with van der Waals surface area (Å²) in [5.74, 6) is 0.404. The Kier molecular flexibility index (Phi) is 7.07. The fourth-order valence-corrected chi connectivity index (χ4v) is 3.98. The van der Waals surface area contributed by atoms with E-state index in [1.54, 1.807) is 18.2 Å². The van der Waals surface area contributed by atoms with Crippen LogP contribution in [0.4, 0.5) is 5.69 Å². The van der Waals surface area contributed by atoms with Crippen molar-refractivity contribution in [2.45, 2.75) is 19.3 Å². The molecule has 3 aromatic rings. The molecule has 0 radical (unpaired) electrons. The Morgan fingerprint density at radius 1 is 0.938 bits per heavy atom. The molecule has 1 N–H and O–H groups in total. The maximum atomic E-state index is 12.8. The van der Waals surface area contributed by atoms with Crippen molar-refractivity contribution in [1.29, 1.82) is 0 Å². The number of nitrogens with one attached hydrogen (secondary N) is 1. The van der Waals surface area contributed by atoms with E-state index in [1.165, 1.54) is 0 Å². The van der Waals surface area contributed by atoms with Crippen LogP contribution in [0.3, 0.4) is 0 Å². The number of nitrogens with zero attached hydrogens (tertiary/aromatic N) is 1. The number of hydrogen-bond donors (Lipinski definition) is 1. The number of likely N-dealkylation sites (tertiary alicyclic amines) is 1. The van der Waals surface area contributed by atoms with Crippen LogP contribution in [-0.4, -0.2) is 36.4 Å². The lowest BCUT2D eigenvalue weighted by molar-refractivity contribution is -0.116. The smallest absolute Gasteiger partial charge is 0.255 e. The van der Waals surface area contributed by atoms with Crippen LogP contribution >= 0.6 is 11.6 Å². The van der Waals surface area contributed by atoms with Crippen molar-refractivity contribution in [3.8, 4) is 16.9 Å². The standard InChI is InChI=1S/C26H25ClN2O3/c27-20-12-13-22(26(31)29-15-6-7-16-29)23(18-20)28-25(30)14-17-32-24-11-5-4-10-21(24)19-8-2-1-3-9-19/h1-5,8-13,18H,6-7,14-17H2,(H,28,30). The number of para-hydroxylation sites is 1. The van der Waals surface area contributed by atoms with Gasteiger partial charge in [0.1, 0.15) is 5.75 Å². The summed E-state index contributed by atoms with van der Waals surface area (Å²) in [5.41, 5.74) is 2.92. The largest absolute Gasteiger partial charge is 0.492 e. The number of hydrogen-bond acceptors (Lipinski definition) is 3. The third-order valence-electron chi connectivity index (χ3n) is 5.44. The SMILES string of the molecule is O=C(CCOc1ccccc1-c1ccccc1)Nc1cc(Cl)ccc1C(=O)N1CCCC1. The predicted molar refractivity (Wildman–Crippen MR) is 127 cm³/mol. The summed E-state index contributed by atoms with van der Waals surface area (Å²) in [6.45, 7) is 1.69. The van der Waals surface area contributed by atoms with Gasteiger partial charge in [0.15, 0.2) is 0 Å². The highest BCUT2D eigenvalue weighted by Crippen LogP contribution is 2.30. The average Bonchev–Trinajstić information content (AvgIpc) is 3.35. The number of anilines is 1. The summed E-state index contributed by atoms with van der Waals surface area (Å²) >= 11 is 6.12. The molecule has 1 fully saturated rings. The van der Waals surface area contributed by atoms with E-state index in [2.05, 4.69) is 5.32 Å². The molecule has 0 aliphatic carbocycles. The minimum Gasteiger partial charge on any atom is -0.492 e. The summed E-state index contributed by atoms with van der Waals surface area (Å²) in [6, 6.07) is 22.7. The van der Waals surface area contributed by atoms with E-state index < -0.39 is 0 Å². The minimum atomic E-state index is -0.236. The molecule has 0 bridgehead atoms. The third kappa shape index (κ3) is 5.29. The van der Waals surface area contributed by atoms with Crippen LogP contribution in [0.2, 0.25) is 5.02 Å². The molecular weight excluding hydrogens is 424 g/mol. The van der Waals surface area contributed by atoms with Gasteiger partial charge < -0.3 is 15.0 Å². The maximum Gasteiger partial charge on any atom is 0.255 e. The fraction of sp³-hybridized carbons (Fsp3) is 0.231. The van der Waals surface area contributed by atoms with Crippen LogP contribution in [-0.2, 0) is 4.79 Å². The van der Waals surface area contributed by atoms with Crippen molar-refractivity contribution in [3.63, 3.8) is 0 Å². The molecule has 5 nitrogen and oxygen atoms in total. The van der Waals surface area contributed by atoms with Gasteiger partial charge in [0.2, 0.25) is 5.91 Å². The van der Waals surface area contributed by atoms with E-state index in [0.29, 0.717) is 16.3 Å². The Morgan fingerprint density at radius 2 is 1.66 bits per heavy atom. The summed E-state index contributed by atoms with van der Waals surface area (Å²) in [6.07, 6.45) is 2.15. The molecule has 0 spiro atoms. The van der Waals surface area contributed by atoms with Crippen LogP contribution in [0.5, 0.6) is 5.75 Å². The van der Waals surface area contributed by atoms with E-state index in [4.69, 9.17) is 16.3 Å². The molecule has 1 heterocycles. The molecule has 0 saturated carbocycles. The van der Waals surface area contributed by atoms with Gasteiger partial charge in [-0.2, -0.15) is 0 Å². The molecule has 0 aromatic heterocycles. The van der Waals surface area contributed by atoms with Crippen LogP contribution < -0.4 is 10.1 Å². The number of benzene rings is 3.